The molecule has 7 atom stereocenters. The van der Waals surface area contributed by atoms with Gasteiger partial charge in [0.2, 0.25) is 5.96 Å². The predicted molar refractivity (Wildman–Crippen MR) is 138 cm³/mol. The molecule has 0 unspecified atom stereocenters. The fourth-order valence-electron chi connectivity index (χ4n) is 7.26. The zero-order chi connectivity index (χ0) is 27.1. The molecule has 0 heterocycles. The Hall–Kier alpha value is -2.13. The lowest BCUT2D eigenvalue weighted by molar-refractivity contribution is -0.0938. The summed E-state index contributed by atoms with van der Waals surface area (Å²) in [5.74, 6) is 0.134. The summed E-state index contributed by atoms with van der Waals surface area (Å²) in [5.41, 5.74) is 0.0913. The number of carboxylic acid groups (broad SMARTS) is 1. The van der Waals surface area contributed by atoms with Crippen LogP contribution in [0.2, 0.25) is 0 Å². The molecule has 0 aliphatic heterocycles. The molecule has 9 heteroatoms. The Bertz CT molecular complexity index is 898. The van der Waals surface area contributed by atoms with E-state index in [1.807, 2.05) is 4.90 Å². The number of ether oxygens (including phenoxy) is 1. The van der Waals surface area contributed by atoms with E-state index in [1.54, 1.807) is 27.8 Å². The molecule has 0 aromatic rings. The second-order valence-corrected chi connectivity index (χ2v) is 12.6. The molecule has 36 heavy (non-hydrogen) atoms. The number of fused-ring (bicyclic) bond motifs is 1. The van der Waals surface area contributed by atoms with Gasteiger partial charge in [0.1, 0.15) is 5.60 Å². The van der Waals surface area contributed by atoms with Crippen molar-refractivity contribution in [2.45, 2.75) is 97.3 Å². The molecule has 3 fully saturated rings. The van der Waals surface area contributed by atoms with Gasteiger partial charge in [-0.2, -0.15) is 0 Å². The van der Waals surface area contributed by atoms with Crippen molar-refractivity contribution in [1.29, 1.82) is 0 Å². The Labute approximate surface area is 215 Å². The lowest BCUT2D eigenvalue weighted by Crippen LogP contribution is -2.61. The molecule has 3 rings (SSSR count). The summed E-state index contributed by atoms with van der Waals surface area (Å²) in [4.78, 5) is 29.9. The van der Waals surface area contributed by atoms with E-state index in [4.69, 9.17) is 4.74 Å². The molecule has 204 valence electrons. The van der Waals surface area contributed by atoms with E-state index in [-0.39, 0.29) is 47.2 Å². The van der Waals surface area contributed by atoms with Crippen molar-refractivity contribution in [2.24, 2.45) is 33.6 Å². The number of alkyl carbamates (subject to hydrolysis) is 1. The van der Waals surface area contributed by atoms with Gasteiger partial charge >= 0.3 is 12.2 Å². The van der Waals surface area contributed by atoms with Gasteiger partial charge in [0.05, 0.1) is 6.10 Å². The van der Waals surface area contributed by atoms with Crippen LogP contribution in [-0.4, -0.2) is 69.8 Å². The molecule has 0 radical (unpaired) electrons. The van der Waals surface area contributed by atoms with Crippen LogP contribution in [-0.2, 0) is 4.74 Å². The number of aliphatic hydroxyl groups is 2. The normalized spacial score (nSPS) is 37.3. The third-order valence-electron chi connectivity index (χ3n) is 9.35. The minimum absolute atomic E-state index is 0.0125. The van der Waals surface area contributed by atoms with Crippen molar-refractivity contribution in [3.05, 3.63) is 12.2 Å². The Morgan fingerprint density at radius 2 is 1.86 bits per heavy atom. The van der Waals surface area contributed by atoms with Crippen molar-refractivity contribution in [3.8, 4) is 0 Å². The average Bonchev–Trinajstić information content (AvgIpc) is 3.06. The molecule has 3 saturated carbocycles. The standard InChI is InChI=1S/C27H45N3O6/c1-16-8-9-19-21(30(7)22(28-23(33)34)29-24(35)36-25(2,3)4)20(11-13-26(16,19)5)27(6)12-10-18(32)14-17(27)15-31/h17-21,31-32H,1,8-15H2,2-7H3,(H,33,34)(H,28,29,35)/t17-,18+,19-,20-,21+,26-,27+/m1/s1. The number of guanidine groups is 1. The molecule has 0 spiro atoms. The van der Waals surface area contributed by atoms with Crippen molar-refractivity contribution in [3.63, 3.8) is 0 Å². The number of carbonyl (C=O) groups excluding carboxylic acids is 1. The Kier molecular flexibility index (Phi) is 8.16. The van der Waals surface area contributed by atoms with Gasteiger partial charge < -0.3 is 25.0 Å². The zero-order valence-electron chi connectivity index (χ0n) is 22.7. The van der Waals surface area contributed by atoms with Crippen molar-refractivity contribution >= 4 is 18.1 Å². The molecule has 0 aromatic heterocycles. The van der Waals surface area contributed by atoms with E-state index in [2.05, 4.69) is 30.7 Å². The van der Waals surface area contributed by atoms with Crippen molar-refractivity contribution in [2.75, 3.05) is 13.7 Å². The molecule has 9 nitrogen and oxygen atoms in total. The fraction of sp³-hybridized carbons (Fsp3) is 0.815. The van der Waals surface area contributed by atoms with E-state index in [1.165, 1.54) is 5.57 Å². The molecule has 3 aliphatic rings. The summed E-state index contributed by atoms with van der Waals surface area (Å²) in [6, 6.07) is -0.148. The first-order valence-corrected chi connectivity index (χ1v) is 13.1. The molecule has 0 aromatic carbocycles. The number of nitrogens with zero attached hydrogens (tertiary/aromatic N) is 2. The van der Waals surface area contributed by atoms with Gasteiger partial charge in [-0.15, -0.1) is 4.99 Å². The molecule has 3 aliphatic carbocycles. The summed E-state index contributed by atoms with van der Waals surface area (Å²) in [6.45, 7) is 14.0. The number of hydrogen-bond acceptors (Lipinski definition) is 5. The predicted octanol–water partition coefficient (Wildman–Crippen LogP) is 4.39. The lowest BCUT2D eigenvalue weighted by atomic mass is 9.51. The topological polar surface area (TPSA) is 132 Å². The van der Waals surface area contributed by atoms with Gasteiger partial charge in [-0.05, 0) is 94.3 Å². The van der Waals surface area contributed by atoms with Gasteiger partial charge in [-0.25, -0.2) is 9.59 Å². The first-order valence-electron chi connectivity index (χ1n) is 13.1. The monoisotopic (exact) mass is 507 g/mol. The average molecular weight is 508 g/mol. The molecule has 0 bridgehead atoms. The number of amides is 2. The number of hydrogen-bond donors (Lipinski definition) is 4. The van der Waals surface area contributed by atoms with Crippen LogP contribution in [0.5, 0.6) is 0 Å². The minimum atomic E-state index is -1.40. The summed E-state index contributed by atoms with van der Waals surface area (Å²) in [5, 5.41) is 32.8. The van der Waals surface area contributed by atoms with E-state index in [9.17, 15) is 24.9 Å². The van der Waals surface area contributed by atoms with Gasteiger partial charge in [0.15, 0.2) is 0 Å². The first-order chi connectivity index (χ1) is 16.6. The number of aliphatic hydroxyl groups excluding tert-OH is 2. The van der Waals surface area contributed by atoms with Gasteiger partial charge in [-0.1, -0.05) is 26.0 Å². The smallest absolute Gasteiger partial charge is 0.434 e. The number of rotatable bonds is 3. The fourth-order valence-corrected chi connectivity index (χ4v) is 7.26. The maximum atomic E-state index is 12.7. The summed E-state index contributed by atoms with van der Waals surface area (Å²) in [7, 11) is 1.79. The molecular weight excluding hydrogens is 462 g/mol. The van der Waals surface area contributed by atoms with Crippen LogP contribution in [0.25, 0.3) is 0 Å². The third kappa shape index (κ3) is 5.57. The third-order valence-corrected chi connectivity index (χ3v) is 9.35. The van der Waals surface area contributed by atoms with E-state index < -0.39 is 23.9 Å². The SMILES string of the molecule is C=C1CC[C@@H]2[C@H](N(C)/C(=N\C(=O)O)NC(=O)OC(C)(C)C)[C@H]([C@@]3(C)CC[C@H](O)C[C@@H]3CO)CC[C@]12C. The van der Waals surface area contributed by atoms with Crippen LogP contribution in [0.15, 0.2) is 17.1 Å². The van der Waals surface area contributed by atoms with Crippen molar-refractivity contribution < 1.29 is 29.6 Å². The van der Waals surface area contributed by atoms with Crippen molar-refractivity contribution in [1.82, 2.24) is 10.2 Å². The molecule has 2 amide bonds. The van der Waals surface area contributed by atoms with Gasteiger partial charge in [-0.3, -0.25) is 5.32 Å². The van der Waals surface area contributed by atoms with Gasteiger partial charge in [0, 0.05) is 19.7 Å². The van der Waals surface area contributed by atoms with Crippen LogP contribution >= 0.6 is 0 Å². The maximum Gasteiger partial charge on any atom is 0.434 e. The Morgan fingerprint density at radius 3 is 2.44 bits per heavy atom. The number of nitrogens with one attached hydrogen (secondary N) is 1. The highest BCUT2D eigenvalue weighted by Gasteiger charge is 2.58. The molecule has 4 N–H and O–H groups in total. The first kappa shape index (κ1) is 28.4. The minimum Gasteiger partial charge on any atom is -0.463 e. The zero-order valence-corrected chi connectivity index (χ0v) is 22.7. The largest absolute Gasteiger partial charge is 0.463 e. The van der Waals surface area contributed by atoms with Crippen LogP contribution < -0.4 is 5.32 Å². The van der Waals surface area contributed by atoms with E-state index in [0.717, 1.165) is 32.1 Å². The molecule has 0 saturated heterocycles. The second kappa shape index (κ2) is 10.3. The summed E-state index contributed by atoms with van der Waals surface area (Å²) < 4.78 is 5.39. The second-order valence-electron chi connectivity index (χ2n) is 12.6. The Morgan fingerprint density at radius 1 is 1.19 bits per heavy atom. The maximum absolute atomic E-state index is 12.7. The van der Waals surface area contributed by atoms with E-state index >= 15 is 0 Å². The highest BCUT2D eigenvalue weighted by molar-refractivity contribution is 5.98. The lowest BCUT2D eigenvalue weighted by Gasteiger charge is -2.58. The van der Waals surface area contributed by atoms with Gasteiger partial charge in [0.25, 0.3) is 0 Å². The Balaban J connectivity index is 2.04. The van der Waals surface area contributed by atoms with E-state index in [0.29, 0.717) is 12.8 Å². The quantitative estimate of drug-likeness (QED) is 0.253. The number of allylic oxidation sites excluding steroid dienone is 1. The summed E-state index contributed by atoms with van der Waals surface area (Å²) >= 11 is 0. The highest BCUT2D eigenvalue weighted by atomic mass is 16.6. The van der Waals surface area contributed by atoms with Crippen LogP contribution in [0, 0.1) is 28.6 Å². The highest BCUT2D eigenvalue weighted by Crippen LogP contribution is 2.62. The summed E-state index contributed by atoms with van der Waals surface area (Å²) in [6.07, 6.45) is 3.04. The van der Waals surface area contributed by atoms with Crippen LogP contribution in [0.1, 0.15) is 79.6 Å². The number of aliphatic imine (C=N–C) groups is 1. The van der Waals surface area contributed by atoms with Crippen LogP contribution in [0.3, 0.4) is 0 Å². The number of carbonyl (C=O) groups is 2. The molecular formula is C27H45N3O6. The van der Waals surface area contributed by atoms with Crippen LogP contribution in [0.4, 0.5) is 9.59 Å².